The standard InChI is InChI=1S/C14H24N2O3/c1-4-15(9-11(2)3)14(19)16(10-13(17)18)12-7-5-6-8-12/h12H,2,4-10H2,1,3H3,(H,17,18). The van der Waals surface area contributed by atoms with Gasteiger partial charge >= 0.3 is 12.0 Å². The van der Waals surface area contributed by atoms with Gasteiger partial charge in [-0.2, -0.15) is 0 Å². The molecule has 1 N–H and O–H groups in total. The van der Waals surface area contributed by atoms with E-state index in [1.165, 1.54) is 4.90 Å². The summed E-state index contributed by atoms with van der Waals surface area (Å²) in [5, 5.41) is 9.00. The van der Waals surface area contributed by atoms with E-state index in [0.29, 0.717) is 13.1 Å². The van der Waals surface area contributed by atoms with Crippen LogP contribution in [-0.2, 0) is 4.79 Å². The van der Waals surface area contributed by atoms with Crippen molar-refractivity contribution in [2.24, 2.45) is 0 Å². The van der Waals surface area contributed by atoms with Gasteiger partial charge in [0.2, 0.25) is 0 Å². The molecule has 0 aromatic heterocycles. The lowest BCUT2D eigenvalue weighted by molar-refractivity contribution is -0.138. The number of rotatable bonds is 6. The van der Waals surface area contributed by atoms with Crippen LogP contribution in [0.2, 0.25) is 0 Å². The highest BCUT2D eigenvalue weighted by Gasteiger charge is 2.30. The van der Waals surface area contributed by atoms with Crippen LogP contribution in [-0.4, -0.2) is 52.6 Å². The zero-order valence-corrected chi connectivity index (χ0v) is 11.9. The van der Waals surface area contributed by atoms with Crippen molar-refractivity contribution >= 4 is 12.0 Å². The molecule has 1 aliphatic carbocycles. The highest BCUT2D eigenvalue weighted by Crippen LogP contribution is 2.24. The zero-order valence-electron chi connectivity index (χ0n) is 11.9. The molecule has 2 amide bonds. The fourth-order valence-corrected chi connectivity index (χ4v) is 2.54. The number of carboxylic acid groups (broad SMARTS) is 1. The van der Waals surface area contributed by atoms with Crippen molar-refractivity contribution in [2.45, 2.75) is 45.6 Å². The van der Waals surface area contributed by atoms with Gasteiger partial charge in [0.15, 0.2) is 0 Å². The third kappa shape index (κ3) is 4.58. The van der Waals surface area contributed by atoms with Gasteiger partial charge in [0.1, 0.15) is 6.54 Å². The van der Waals surface area contributed by atoms with Gasteiger partial charge in [-0.3, -0.25) is 4.79 Å². The number of nitrogens with zero attached hydrogens (tertiary/aromatic N) is 2. The number of hydrogen-bond acceptors (Lipinski definition) is 2. The molecule has 1 aliphatic rings. The molecule has 0 bridgehead atoms. The number of hydrogen-bond donors (Lipinski definition) is 1. The van der Waals surface area contributed by atoms with Crippen LogP contribution in [0, 0.1) is 0 Å². The average Bonchev–Trinajstić information content (AvgIpc) is 2.85. The predicted molar refractivity (Wildman–Crippen MR) is 74.1 cm³/mol. The van der Waals surface area contributed by atoms with Crippen molar-refractivity contribution < 1.29 is 14.7 Å². The molecule has 19 heavy (non-hydrogen) atoms. The second-order valence-corrected chi connectivity index (χ2v) is 5.21. The van der Waals surface area contributed by atoms with E-state index < -0.39 is 5.97 Å². The van der Waals surface area contributed by atoms with Gasteiger partial charge in [0, 0.05) is 19.1 Å². The van der Waals surface area contributed by atoms with Crippen LogP contribution in [0.4, 0.5) is 4.79 Å². The average molecular weight is 268 g/mol. The van der Waals surface area contributed by atoms with Gasteiger partial charge in [0.25, 0.3) is 0 Å². The van der Waals surface area contributed by atoms with Crippen LogP contribution in [0.5, 0.6) is 0 Å². The van der Waals surface area contributed by atoms with E-state index in [1.807, 2.05) is 13.8 Å². The lowest BCUT2D eigenvalue weighted by atomic mass is 10.2. The minimum Gasteiger partial charge on any atom is -0.480 e. The lowest BCUT2D eigenvalue weighted by Crippen LogP contribution is -2.49. The SMILES string of the molecule is C=C(C)CN(CC)C(=O)N(CC(=O)O)C1CCCC1. The first-order valence-corrected chi connectivity index (χ1v) is 6.87. The van der Waals surface area contributed by atoms with Gasteiger partial charge in [-0.25, -0.2) is 4.79 Å². The summed E-state index contributed by atoms with van der Waals surface area (Å²) in [6.45, 7) is 8.42. The summed E-state index contributed by atoms with van der Waals surface area (Å²) in [5.74, 6) is -0.952. The second kappa shape index (κ2) is 7.16. The summed E-state index contributed by atoms with van der Waals surface area (Å²) in [4.78, 5) is 26.6. The number of amides is 2. The Balaban J connectivity index is 2.78. The minimum absolute atomic E-state index is 0.0720. The van der Waals surface area contributed by atoms with E-state index in [4.69, 9.17) is 5.11 Å². The van der Waals surface area contributed by atoms with E-state index >= 15 is 0 Å². The maximum absolute atomic E-state index is 12.5. The summed E-state index contributed by atoms with van der Waals surface area (Å²) < 4.78 is 0. The van der Waals surface area contributed by atoms with Crippen LogP contribution < -0.4 is 0 Å². The third-order valence-corrected chi connectivity index (χ3v) is 3.43. The van der Waals surface area contributed by atoms with Crippen molar-refractivity contribution in [1.82, 2.24) is 9.80 Å². The fraction of sp³-hybridized carbons (Fsp3) is 0.714. The molecular weight excluding hydrogens is 244 g/mol. The summed E-state index contributed by atoms with van der Waals surface area (Å²) in [7, 11) is 0. The van der Waals surface area contributed by atoms with Crippen molar-refractivity contribution in [3.63, 3.8) is 0 Å². The van der Waals surface area contributed by atoms with E-state index in [2.05, 4.69) is 6.58 Å². The van der Waals surface area contributed by atoms with Crippen LogP contribution in [0.15, 0.2) is 12.2 Å². The Hall–Kier alpha value is -1.52. The van der Waals surface area contributed by atoms with Gasteiger partial charge in [0.05, 0.1) is 0 Å². The highest BCUT2D eigenvalue weighted by molar-refractivity contribution is 5.80. The molecule has 0 aliphatic heterocycles. The molecule has 0 heterocycles. The van der Waals surface area contributed by atoms with Crippen LogP contribution in [0.25, 0.3) is 0 Å². The van der Waals surface area contributed by atoms with Crippen LogP contribution >= 0.6 is 0 Å². The molecule has 5 nitrogen and oxygen atoms in total. The number of carboxylic acids is 1. The number of carbonyl (C=O) groups is 2. The fourth-order valence-electron chi connectivity index (χ4n) is 2.54. The van der Waals surface area contributed by atoms with Gasteiger partial charge in [-0.1, -0.05) is 25.0 Å². The van der Waals surface area contributed by atoms with Gasteiger partial charge in [-0.05, 0) is 26.7 Å². The predicted octanol–water partition coefficient (Wildman–Crippen LogP) is 2.33. The summed E-state index contributed by atoms with van der Waals surface area (Å²) in [5.41, 5.74) is 0.900. The number of urea groups is 1. The maximum atomic E-state index is 12.5. The maximum Gasteiger partial charge on any atom is 0.323 e. The largest absolute Gasteiger partial charge is 0.480 e. The topological polar surface area (TPSA) is 60.9 Å². The van der Waals surface area contributed by atoms with Crippen molar-refractivity contribution in [3.05, 3.63) is 12.2 Å². The van der Waals surface area contributed by atoms with Crippen LogP contribution in [0.3, 0.4) is 0 Å². The second-order valence-electron chi connectivity index (χ2n) is 5.21. The molecule has 108 valence electrons. The van der Waals surface area contributed by atoms with E-state index in [9.17, 15) is 9.59 Å². The molecule has 1 saturated carbocycles. The van der Waals surface area contributed by atoms with E-state index in [1.54, 1.807) is 4.90 Å². The number of aliphatic carboxylic acids is 1. The Kier molecular flexibility index (Phi) is 5.86. The Labute approximate surface area is 114 Å². The molecule has 1 rings (SSSR count). The van der Waals surface area contributed by atoms with Crippen molar-refractivity contribution in [2.75, 3.05) is 19.6 Å². The molecule has 0 aromatic carbocycles. The first-order chi connectivity index (χ1) is 8.95. The number of carbonyl (C=O) groups excluding carboxylic acids is 1. The first-order valence-electron chi connectivity index (χ1n) is 6.87. The normalized spacial score (nSPS) is 15.3. The van der Waals surface area contributed by atoms with E-state index in [-0.39, 0.29) is 18.6 Å². The zero-order chi connectivity index (χ0) is 14.4. The Bertz CT molecular complexity index is 349. The number of likely N-dealkylation sites (N-methyl/N-ethyl adjacent to an activating group) is 1. The highest BCUT2D eigenvalue weighted by atomic mass is 16.4. The molecular formula is C14H24N2O3. The molecule has 0 radical (unpaired) electrons. The monoisotopic (exact) mass is 268 g/mol. The molecule has 1 fully saturated rings. The summed E-state index contributed by atoms with van der Waals surface area (Å²) in [6.07, 6.45) is 3.95. The molecule has 0 spiro atoms. The molecule has 0 aromatic rings. The van der Waals surface area contributed by atoms with Crippen LogP contribution in [0.1, 0.15) is 39.5 Å². The first kappa shape index (κ1) is 15.5. The quantitative estimate of drug-likeness (QED) is 0.752. The molecule has 0 atom stereocenters. The molecule has 0 unspecified atom stereocenters. The Morgan fingerprint density at radius 3 is 2.26 bits per heavy atom. The third-order valence-electron chi connectivity index (χ3n) is 3.43. The van der Waals surface area contributed by atoms with Gasteiger partial charge in [-0.15, -0.1) is 0 Å². The summed E-state index contributed by atoms with van der Waals surface area (Å²) in [6, 6.07) is -0.109. The minimum atomic E-state index is -0.952. The van der Waals surface area contributed by atoms with E-state index in [0.717, 1.165) is 31.3 Å². The molecule has 0 saturated heterocycles. The smallest absolute Gasteiger partial charge is 0.323 e. The van der Waals surface area contributed by atoms with Gasteiger partial charge < -0.3 is 14.9 Å². The Morgan fingerprint density at radius 1 is 1.26 bits per heavy atom. The Morgan fingerprint density at radius 2 is 1.84 bits per heavy atom. The molecule has 5 heteroatoms. The summed E-state index contributed by atoms with van der Waals surface area (Å²) >= 11 is 0. The van der Waals surface area contributed by atoms with Crippen molar-refractivity contribution in [1.29, 1.82) is 0 Å². The lowest BCUT2D eigenvalue weighted by Gasteiger charge is -2.33. The van der Waals surface area contributed by atoms with Crippen molar-refractivity contribution in [3.8, 4) is 0 Å².